The average Bonchev–Trinajstić information content (AvgIpc) is 2.36. The normalized spacial score (nSPS) is 10.8. The third-order valence-corrected chi connectivity index (χ3v) is 3.35. The van der Waals surface area contributed by atoms with Crippen molar-refractivity contribution in [1.82, 2.24) is 9.97 Å². The van der Waals surface area contributed by atoms with Crippen molar-refractivity contribution in [2.24, 2.45) is 0 Å². The van der Waals surface area contributed by atoms with Crippen molar-refractivity contribution >= 4 is 5.95 Å². The number of aromatic amines is 1. The van der Waals surface area contributed by atoms with Crippen molar-refractivity contribution in [3.8, 4) is 0 Å². The number of aryl methyl sites for hydroxylation is 1. The van der Waals surface area contributed by atoms with Gasteiger partial charge in [0.15, 0.2) is 0 Å². The van der Waals surface area contributed by atoms with Gasteiger partial charge in [-0.2, -0.15) is 0 Å². The summed E-state index contributed by atoms with van der Waals surface area (Å²) in [5.41, 5.74) is 6.16. The van der Waals surface area contributed by atoms with Gasteiger partial charge in [-0.25, -0.2) is 4.98 Å². The number of unbranched alkanes of at least 4 members (excludes halogenated alkanes) is 8. The summed E-state index contributed by atoms with van der Waals surface area (Å²) < 4.78 is 0. The van der Waals surface area contributed by atoms with Gasteiger partial charge in [0.1, 0.15) is 0 Å². The number of hydrogen-bond acceptors (Lipinski definition) is 3. The molecule has 0 aliphatic rings. The summed E-state index contributed by atoms with van der Waals surface area (Å²) in [6.45, 7) is 2.25. The Bertz CT molecular complexity index is 401. The number of aromatic nitrogens is 2. The van der Waals surface area contributed by atoms with Gasteiger partial charge in [0.05, 0.1) is 0 Å². The molecule has 108 valence electrons. The molecule has 0 aliphatic carbocycles. The molecule has 0 aromatic carbocycles. The second-order valence-electron chi connectivity index (χ2n) is 5.20. The van der Waals surface area contributed by atoms with Crippen molar-refractivity contribution < 1.29 is 0 Å². The highest BCUT2D eigenvalue weighted by Gasteiger charge is 1.99. The van der Waals surface area contributed by atoms with E-state index in [2.05, 4.69) is 16.9 Å². The first kappa shape index (κ1) is 15.7. The lowest BCUT2D eigenvalue weighted by Gasteiger charge is -2.02. The average molecular weight is 265 g/mol. The molecule has 1 rings (SSSR count). The van der Waals surface area contributed by atoms with Crippen LogP contribution in [0.3, 0.4) is 0 Å². The van der Waals surface area contributed by atoms with Crippen LogP contribution in [0.1, 0.15) is 70.4 Å². The largest absolute Gasteiger partial charge is 0.369 e. The topological polar surface area (TPSA) is 71.8 Å². The summed E-state index contributed by atoms with van der Waals surface area (Å²) in [4.78, 5) is 17.8. The molecule has 0 fully saturated rings. The van der Waals surface area contributed by atoms with Gasteiger partial charge in [0.2, 0.25) is 5.95 Å². The first-order valence-electron chi connectivity index (χ1n) is 7.58. The van der Waals surface area contributed by atoms with E-state index in [1.165, 1.54) is 51.4 Å². The minimum absolute atomic E-state index is 0.154. The van der Waals surface area contributed by atoms with Gasteiger partial charge in [0.25, 0.3) is 5.56 Å². The quantitative estimate of drug-likeness (QED) is 0.637. The van der Waals surface area contributed by atoms with E-state index in [0.717, 1.165) is 18.5 Å². The molecule has 1 aromatic heterocycles. The van der Waals surface area contributed by atoms with Gasteiger partial charge in [-0.1, -0.05) is 58.3 Å². The maximum Gasteiger partial charge on any atom is 0.252 e. The molecule has 0 saturated heterocycles. The summed E-state index contributed by atoms with van der Waals surface area (Å²) in [6.07, 6.45) is 12.6. The van der Waals surface area contributed by atoms with Crippen LogP contribution in [0.2, 0.25) is 0 Å². The molecule has 0 spiro atoms. The summed E-state index contributed by atoms with van der Waals surface area (Å²) in [5, 5.41) is 0. The van der Waals surface area contributed by atoms with Gasteiger partial charge in [-0.3, -0.25) is 9.78 Å². The molecule has 1 aromatic rings. The molecule has 0 amide bonds. The molecule has 0 aliphatic heterocycles. The predicted octanol–water partition coefficient (Wildman–Crippen LogP) is 3.43. The lowest BCUT2D eigenvalue weighted by Crippen LogP contribution is -2.11. The zero-order valence-corrected chi connectivity index (χ0v) is 12.1. The Hall–Kier alpha value is -1.32. The summed E-state index contributed by atoms with van der Waals surface area (Å²) in [5.74, 6) is 0.221. The molecule has 19 heavy (non-hydrogen) atoms. The van der Waals surface area contributed by atoms with Gasteiger partial charge >= 0.3 is 0 Å². The van der Waals surface area contributed by atoms with E-state index in [1.807, 2.05) is 0 Å². The molecule has 0 unspecified atom stereocenters. The van der Waals surface area contributed by atoms with Crippen LogP contribution in [0.5, 0.6) is 0 Å². The van der Waals surface area contributed by atoms with Crippen LogP contribution in [0.25, 0.3) is 0 Å². The van der Waals surface area contributed by atoms with Crippen molar-refractivity contribution in [3.05, 3.63) is 22.1 Å². The van der Waals surface area contributed by atoms with Crippen molar-refractivity contribution in [3.63, 3.8) is 0 Å². The molecule has 0 bridgehead atoms. The first-order valence-corrected chi connectivity index (χ1v) is 7.58. The van der Waals surface area contributed by atoms with Crippen LogP contribution in [-0.2, 0) is 6.42 Å². The van der Waals surface area contributed by atoms with Gasteiger partial charge in [-0.15, -0.1) is 0 Å². The molecule has 1 heterocycles. The molecule has 0 radical (unpaired) electrons. The Kier molecular flexibility index (Phi) is 7.94. The van der Waals surface area contributed by atoms with Crippen LogP contribution in [-0.4, -0.2) is 9.97 Å². The van der Waals surface area contributed by atoms with Crippen LogP contribution in [0.4, 0.5) is 5.95 Å². The number of nitrogen functional groups attached to an aromatic ring is 1. The van der Waals surface area contributed by atoms with Gasteiger partial charge in [-0.05, 0) is 12.8 Å². The number of hydrogen-bond donors (Lipinski definition) is 2. The predicted molar refractivity (Wildman–Crippen MR) is 80.2 cm³/mol. The second-order valence-corrected chi connectivity index (χ2v) is 5.20. The van der Waals surface area contributed by atoms with E-state index in [1.54, 1.807) is 6.07 Å². The number of rotatable bonds is 10. The molecule has 4 nitrogen and oxygen atoms in total. The third-order valence-electron chi connectivity index (χ3n) is 3.35. The van der Waals surface area contributed by atoms with Crippen LogP contribution >= 0.6 is 0 Å². The second kappa shape index (κ2) is 9.59. The lowest BCUT2D eigenvalue weighted by molar-refractivity contribution is 0.563. The molecular weight excluding hydrogens is 238 g/mol. The molecule has 3 N–H and O–H groups in total. The number of anilines is 1. The third kappa shape index (κ3) is 7.65. The van der Waals surface area contributed by atoms with Crippen molar-refractivity contribution in [2.75, 3.05) is 5.73 Å². The van der Waals surface area contributed by atoms with Gasteiger partial charge in [0, 0.05) is 11.8 Å². The SMILES string of the molecule is CCCCCCCCCCCc1cc(=O)[nH]c(N)n1. The highest BCUT2D eigenvalue weighted by atomic mass is 16.1. The fourth-order valence-electron chi connectivity index (χ4n) is 2.27. The molecular formula is C15H27N3O. The van der Waals surface area contributed by atoms with E-state index in [0.29, 0.717) is 0 Å². The Morgan fingerprint density at radius 1 is 1.05 bits per heavy atom. The maximum absolute atomic E-state index is 11.2. The number of nitrogens with two attached hydrogens (primary N) is 1. The molecule has 0 saturated carbocycles. The zero-order chi connectivity index (χ0) is 13.9. The van der Waals surface area contributed by atoms with Crippen LogP contribution in [0, 0.1) is 0 Å². The maximum atomic E-state index is 11.2. The van der Waals surface area contributed by atoms with Crippen LogP contribution < -0.4 is 11.3 Å². The first-order chi connectivity index (χ1) is 9.22. The van der Waals surface area contributed by atoms with Crippen LogP contribution in [0.15, 0.2) is 10.9 Å². The van der Waals surface area contributed by atoms with E-state index in [-0.39, 0.29) is 11.5 Å². The zero-order valence-electron chi connectivity index (χ0n) is 12.1. The lowest BCUT2D eigenvalue weighted by atomic mass is 10.1. The summed E-state index contributed by atoms with van der Waals surface area (Å²) >= 11 is 0. The number of nitrogens with one attached hydrogen (secondary N) is 1. The smallest absolute Gasteiger partial charge is 0.252 e. The molecule has 0 atom stereocenters. The highest BCUT2D eigenvalue weighted by molar-refractivity contribution is 5.17. The van der Waals surface area contributed by atoms with E-state index in [9.17, 15) is 4.79 Å². The summed E-state index contributed by atoms with van der Waals surface area (Å²) in [6, 6.07) is 1.54. The van der Waals surface area contributed by atoms with Gasteiger partial charge < -0.3 is 5.73 Å². The Labute approximate surface area is 115 Å². The monoisotopic (exact) mass is 265 g/mol. The Morgan fingerprint density at radius 2 is 1.63 bits per heavy atom. The number of nitrogens with zero attached hydrogens (tertiary/aromatic N) is 1. The Balaban J connectivity index is 2.03. The minimum atomic E-state index is -0.154. The fourth-order valence-corrected chi connectivity index (χ4v) is 2.27. The highest BCUT2D eigenvalue weighted by Crippen LogP contribution is 2.10. The number of H-pyrrole nitrogens is 1. The van der Waals surface area contributed by atoms with Crippen molar-refractivity contribution in [1.29, 1.82) is 0 Å². The Morgan fingerprint density at radius 3 is 2.21 bits per heavy atom. The summed E-state index contributed by atoms with van der Waals surface area (Å²) in [7, 11) is 0. The fraction of sp³-hybridized carbons (Fsp3) is 0.733. The minimum Gasteiger partial charge on any atom is -0.369 e. The molecule has 4 heteroatoms. The van der Waals surface area contributed by atoms with E-state index >= 15 is 0 Å². The van der Waals surface area contributed by atoms with Crippen molar-refractivity contribution in [2.45, 2.75) is 71.1 Å². The van der Waals surface area contributed by atoms with E-state index < -0.39 is 0 Å². The standard InChI is InChI=1S/C15H27N3O/c1-2-3-4-5-6-7-8-9-10-11-13-12-14(19)18-15(16)17-13/h12H,2-11H2,1H3,(H3,16,17,18,19). The van der Waals surface area contributed by atoms with E-state index in [4.69, 9.17) is 5.73 Å².